The molecule has 5 heteroatoms. The van der Waals surface area contributed by atoms with E-state index in [1.165, 1.54) is 18.9 Å². The van der Waals surface area contributed by atoms with Crippen molar-refractivity contribution in [1.29, 1.82) is 0 Å². The van der Waals surface area contributed by atoms with Crippen molar-refractivity contribution in [2.45, 2.75) is 25.5 Å². The van der Waals surface area contributed by atoms with Gasteiger partial charge in [0.1, 0.15) is 0 Å². The zero-order valence-corrected chi connectivity index (χ0v) is 11.5. The second kappa shape index (κ2) is 6.91. The molecule has 1 rings (SSSR count). The summed E-state index contributed by atoms with van der Waals surface area (Å²) in [5.74, 6) is 1.92. The minimum atomic E-state index is -0.357. The van der Waals surface area contributed by atoms with Crippen LogP contribution in [0.2, 0.25) is 0 Å². The average molecular weight is 304 g/mol. The van der Waals surface area contributed by atoms with Crippen LogP contribution in [0.1, 0.15) is 25.3 Å². The van der Waals surface area contributed by atoms with E-state index in [2.05, 4.69) is 22.9 Å². The fourth-order valence-electron chi connectivity index (χ4n) is 1.25. The van der Waals surface area contributed by atoms with Gasteiger partial charge in [0.05, 0.1) is 9.40 Å². The number of unbranched alkanes of at least 4 members (excludes halogenated alkanes) is 1. The zero-order valence-electron chi connectivity index (χ0n) is 9.11. The number of hydrogen-bond acceptors (Lipinski definition) is 3. The van der Waals surface area contributed by atoms with Crippen molar-refractivity contribution in [2.24, 2.45) is 0 Å². The highest BCUT2D eigenvalue weighted by molar-refractivity contribution is 9.10. The summed E-state index contributed by atoms with van der Waals surface area (Å²) in [7, 11) is 0. The standard InChI is InChI=1S/C11H14BrNO2S/c1-2-3-7-16-8-9-5-4-6-10(11(9)12)13(14)15/h4-6H,2-3,7-8H2,1H3. The van der Waals surface area contributed by atoms with Gasteiger partial charge in [-0.25, -0.2) is 0 Å². The molecule has 0 heterocycles. The van der Waals surface area contributed by atoms with Crippen LogP contribution in [0.3, 0.4) is 0 Å². The second-order valence-electron chi connectivity index (χ2n) is 3.41. The SMILES string of the molecule is CCCCSCc1cccc([N+](=O)[O-])c1Br. The Morgan fingerprint density at radius 2 is 2.25 bits per heavy atom. The molecule has 0 saturated carbocycles. The van der Waals surface area contributed by atoms with Gasteiger partial charge in [-0.05, 0) is 33.7 Å². The molecule has 0 bridgehead atoms. The molecule has 0 atom stereocenters. The number of benzene rings is 1. The molecule has 0 unspecified atom stereocenters. The van der Waals surface area contributed by atoms with Crippen LogP contribution >= 0.6 is 27.7 Å². The van der Waals surface area contributed by atoms with E-state index in [-0.39, 0.29) is 10.6 Å². The molecular formula is C11H14BrNO2S. The van der Waals surface area contributed by atoms with Crippen LogP contribution in [0.4, 0.5) is 5.69 Å². The quantitative estimate of drug-likeness (QED) is 0.445. The largest absolute Gasteiger partial charge is 0.283 e. The van der Waals surface area contributed by atoms with E-state index < -0.39 is 0 Å². The Morgan fingerprint density at radius 3 is 2.88 bits per heavy atom. The van der Waals surface area contributed by atoms with Crippen LogP contribution in [0.25, 0.3) is 0 Å². The van der Waals surface area contributed by atoms with Crippen LogP contribution in [-0.2, 0) is 5.75 Å². The molecule has 1 aromatic carbocycles. The Balaban J connectivity index is 2.66. The smallest absolute Gasteiger partial charge is 0.258 e. The van der Waals surface area contributed by atoms with Gasteiger partial charge < -0.3 is 0 Å². The maximum atomic E-state index is 10.7. The van der Waals surface area contributed by atoms with Gasteiger partial charge in [0.2, 0.25) is 0 Å². The molecule has 3 nitrogen and oxygen atoms in total. The van der Waals surface area contributed by atoms with Gasteiger partial charge in [0, 0.05) is 11.8 Å². The third-order valence-corrected chi connectivity index (χ3v) is 4.16. The Hall–Kier alpha value is -0.550. The summed E-state index contributed by atoms with van der Waals surface area (Å²) < 4.78 is 0.615. The van der Waals surface area contributed by atoms with Crippen LogP contribution in [-0.4, -0.2) is 10.7 Å². The van der Waals surface area contributed by atoms with E-state index in [9.17, 15) is 10.1 Å². The second-order valence-corrected chi connectivity index (χ2v) is 5.31. The lowest BCUT2D eigenvalue weighted by Gasteiger charge is -2.04. The number of rotatable bonds is 6. The van der Waals surface area contributed by atoms with Gasteiger partial charge in [-0.1, -0.05) is 25.5 Å². The molecule has 0 aliphatic rings. The van der Waals surface area contributed by atoms with Gasteiger partial charge in [-0.2, -0.15) is 11.8 Å². The number of thioether (sulfide) groups is 1. The first-order valence-corrected chi connectivity index (χ1v) is 7.11. The van der Waals surface area contributed by atoms with Crippen LogP contribution in [0.15, 0.2) is 22.7 Å². The molecule has 0 radical (unpaired) electrons. The fraction of sp³-hybridized carbons (Fsp3) is 0.455. The molecular weight excluding hydrogens is 290 g/mol. The van der Waals surface area contributed by atoms with Crippen molar-refractivity contribution in [2.75, 3.05) is 5.75 Å². The summed E-state index contributed by atoms with van der Waals surface area (Å²) in [4.78, 5) is 10.4. The van der Waals surface area contributed by atoms with Gasteiger partial charge in [-0.3, -0.25) is 10.1 Å². The minimum absolute atomic E-state index is 0.147. The lowest BCUT2D eigenvalue weighted by molar-refractivity contribution is -0.385. The molecule has 0 aliphatic heterocycles. The van der Waals surface area contributed by atoms with Crippen molar-refractivity contribution in [3.8, 4) is 0 Å². The molecule has 0 spiro atoms. The first-order valence-electron chi connectivity index (χ1n) is 5.16. The predicted octanol–water partition coefficient (Wildman–Crippen LogP) is 4.39. The molecule has 0 saturated heterocycles. The highest BCUT2D eigenvalue weighted by Gasteiger charge is 2.14. The van der Waals surface area contributed by atoms with Crippen molar-refractivity contribution >= 4 is 33.4 Å². The van der Waals surface area contributed by atoms with E-state index in [0.29, 0.717) is 4.47 Å². The highest BCUT2D eigenvalue weighted by atomic mass is 79.9. The van der Waals surface area contributed by atoms with Crippen LogP contribution in [0, 0.1) is 10.1 Å². The molecule has 88 valence electrons. The lowest BCUT2D eigenvalue weighted by Crippen LogP contribution is -1.93. The third kappa shape index (κ3) is 3.79. The van der Waals surface area contributed by atoms with E-state index in [1.807, 2.05) is 17.8 Å². The predicted molar refractivity (Wildman–Crippen MR) is 71.9 cm³/mol. The minimum Gasteiger partial charge on any atom is -0.258 e. The first kappa shape index (κ1) is 13.5. The number of nitro groups is 1. The molecule has 0 aliphatic carbocycles. The highest BCUT2D eigenvalue weighted by Crippen LogP contribution is 2.30. The van der Waals surface area contributed by atoms with E-state index >= 15 is 0 Å². The maximum Gasteiger partial charge on any atom is 0.283 e. The van der Waals surface area contributed by atoms with Gasteiger partial charge in [0.15, 0.2) is 0 Å². The van der Waals surface area contributed by atoms with Crippen molar-refractivity contribution in [1.82, 2.24) is 0 Å². The number of halogens is 1. The van der Waals surface area contributed by atoms with Crippen molar-refractivity contribution < 1.29 is 4.92 Å². The Kier molecular flexibility index (Phi) is 5.84. The Bertz CT molecular complexity index is 371. The summed E-state index contributed by atoms with van der Waals surface area (Å²) in [5, 5.41) is 10.7. The summed E-state index contributed by atoms with van der Waals surface area (Å²) in [6.07, 6.45) is 2.38. The Labute approximate surface area is 108 Å². The van der Waals surface area contributed by atoms with Crippen molar-refractivity contribution in [3.05, 3.63) is 38.3 Å². The average Bonchev–Trinajstić information content (AvgIpc) is 2.26. The third-order valence-electron chi connectivity index (χ3n) is 2.15. The molecule has 0 N–H and O–H groups in total. The molecule has 1 aromatic rings. The van der Waals surface area contributed by atoms with Crippen LogP contribution in [0.5, 0.6) is 0 Å². The van der Waals surface area contributed by atoms with Gasteiger partial charge in [0.25, 0.3) is 5.69 Å². The number of nitrogens with zero attached hydrogens (tertiary/aromatic N) is 1. The number of hydrogen-bond donors (Lipinski definition) is 0. The monoisotopic (exact) mass is 303 g/mol. The van der Waals surface area contributed by atoms with E-state index in [4.69, 9.17) is 0 Å². The molecule has 16 heavy (non-hydrogen) atoms. The summed E-state index contributed by atoms with van der Waals surface area (Å²) in [5.41, 5.74) is 1.14. The normalized spacial score (nSPS) is 10.4. The number of nitro benzene ring substituents is 1. The maximum absolute atomic E-state index is 10.7. The topological polar surface area (TPSA) is 43.1 Å². The molecule has 0 fully saturated rings. The van der Waals surface area contributed by atoms with Gasteiger partial charge in [-0.15, -0.1) is 0 Å². The van der Waals surface area contributed by atoms with Gasteiger partial charge >= 0.3 is 0 Å². The molecule has 0 aromatic heterocycles. The summed E-state index contributed by atoms with van der Waals surface area (Å²) >= 11 is 5.11. The zero-order chi connectivity index (χ0) is 12.0. The lowest BCUT2D eigenvalue weighted by atomic mass is 10.2. The van der Waals surface area contributed by atoms with Crippen LogP contribution < -0.4 is 0 Å². The summed E-state index contributed by atoms with van der Waals surface area (Å²) in [6, 6.07) is 5.18. The Morgan fingerprint density at radius 1 is 1.50 bits per heavy atom. The van der Waals surface area contributed by atoms with E-state index in [1.54, 1.807) is 6.07 Å². The summed E-state index contributed by atoms with van der Waals surface area (Å²) in [6.45, 7) is 2.16. The first-order chi connectivity index (χ1) is 7.66. The van der Waals surface area contributed by atoms with E-state index in [0.717, 1.165) is 17.1 Å². The van der Waals surface area contributed by atoms with Crippen molar-refractivity contribution in [3.63, 3.8) is 0 Å². The fourth-order valence-corrected chi connectivity index (χ4v) is 3.08. The molecule has 0 amide bonds.